The molecule has 1 aromatic rings. The van der Waals surface area contributed by atoms with Crippen molar-refractivity contribution in [1.82, 2.24) is 5.32 Å². The van der Waals surface area contributed by atoms with E-state index in [4.69, 9.17) is 4.74 Å². The van der Waals surface area contributed by atoms with Crippen molar-refractivity contribution in [2.75, 3.05) is 11.9 Å². The number of rotatable bonds is 10. The molecule has 6 nitrogen and oxygen atoms in total. The van der Waals surface area contributed by atoms with Gasteiger partial charge in [-0.3, -0.25) is 9.59 Å². The third-order valence-corrected chi connectivity index (χ3v) is 5.30. The van der Waals surface area contributed by atoms with Crippen molar-refractivity contribution >= 4 is 18.1 Å². The van der Waals surface area contributed by atoms with Gasteiger partial charge in [-0.15, -0.1) is 0 Å². The van der Waals surface area contributed by atoms with E-state index in [0.717, 1.165) is 17.9 Å². The van der Waals surface area contributed by atoms with Gasteiger partial charge in [-0.05, 0) is 43.4 Å². The predicted molar refractivity (Wildman–Crippen MR) is 106 cm³/mol. The number of esters is 1. The average Bonchev–Trinajstić information content (AvgIpc) is 2.66. The molecule has 0 saturated heterocycles. The van der Waals surface area contributed by atoms with Crippen LogP contribution in [-0.4, -0.2) is 30.1 Å². The summed E-state index contributed by atoms with van der Waals surface area (Å²) in [4.78, 5) is 22.2. The Morgan fingerprint density at radius 1 is 1.33 bits per heavy atom. The maximum atomic E-state index is 11.5. The van der Waals surface area contributed by atoms with E-state index in [2.05, 4.69) is 17.6 Å². The second kappa shape index (κ2) is 10.9. The van der Waals surface area contributed by atoms with Crippen LogP contribution in [0.15, 0.2) is 18.2 Å². The number of anilines is 1. The molecule has 0 aliphatic heterocycles. The summed E-state index contributed by atoms with van der Waals surface area (Å²) in [6.45, 7) is 4.02. The van der Waals surface area contributed by atoms with Gasteiger partial charge >= 0.3 is 5.97 Å². The number of phenolic OH excluding ortho intramolecular Hbond substituents is 1. The lowest BCUT2D eigenvalue weighted by atomic mass is 9.85. The fraction of sp³-hybridized carbons (Fsp3) is 0.619. The minimum atomic E-state index is -0.479. The molecule has 2 unspecified atom stereocenters. The van der Waals surface area contributed by atoms with Gasteiger partial charge in [0.2, 0.25) is 6.41 Å². The van der Waals surface area contributed by atoms with Crippen molar-refractivity contribution in [2.24, 2.45) is 5.92 Å². The summed E-state index contributed by atoms with van der Waals surface area (Å²) in [5.41, 5.74) is 1.02. The van der Waals surface area contributed by atoms with Crippen molar-refractivity contribution in [3.05, 3.63) is 23.8 Å². The van der Waals surface area contributed by atoms with Crippen molar-refractivity contribution in [3.8, 4) is 5.75 Å². The average molecular weight is 376 g/mol. The summed E-state index contributed by atoms with van der Waals surface area (Å²) in [5.74, 6) is 0.456. The lowest BCUT2D eigenvalue weighted by molar-refractivity contribution is -0.146. The molecule has 2 atom stereocenters. The first kappa shape index (κ1) is 21.2. The first-order valence-electron chi connectivity index (χ1n) is 9.93. The number of benzene rings is 1. The van der Waals surface area contributed by atoms with Crippen molar-refractivity contribution in [1.29, 1.82) is 0 Å². The minimum absolute atomic E-state index is 0.0266. The molecular formula is C21H32N2O4. The Kier molecular flexibility index (Phi) is 8.58. The van der Waals surface area contributed by atoms with E-state index >= 15 is 0 Å². The van der Waals surface area contributed by atoms with E-state index in [1.807, 2.05) is 0 Å². The fourth-order valence-electron chi connectivity index (χ4n) is 3.73. The first-order valence-corrected chi connectivity index (χ1v) is 9.93. The van der Waals surface area contributed by atoms with Crippen LogP contribution in [0.25, 0.3) is 0 Å². The number of nitrogens with one attached hydrogen (secondary N) is 2. The van der Waals surface area contributed by atoms with Gasteiger partial charge in [-0.2, -0.15) is 0 Å². The SMILES string of the molecule is CC(=O)OC(CNC(C)CCC1CCCCC1)c1ccc(O)c(NC=O)c1. The molecule has 0 radical (unpaired) electrons. The van der Waals surface area contributed by atoms with E-state index in [1.54, 1.807) is 12.1 Å². The van der Waals surface area contributed by atoms with Crippen LogP contribution in [0.1, 0.15) is 70.5 Å². The number of amides is 1. The Morgan fingerprint density at radius 3 is 2.74 bits per heavy atom. The van der Waals surface area contributed by atoms with Crippen LogP contribution in [-0.2, 0) is 14.3 Å². The van der Waals surface area contributed by atoms with E-state index in [9.17, 15) is 14.7 Å². The first-order chi connectivity index (χ1) is 13.0. The molecule has 1 aromatic carbocycles. The number of hydrogen-bond donors (Lipinski definition) is 3. The monoisotopic (exact) mass is 376 g/mol. The largest absolute Gasteiger partial charge is 0.506 e. The lowest BCUT2D eigenvalue weighted by Gasteiger charge is -2.25. The summed E-state index contributed by atoms with van der Waals surface area (Å²) in [7, 11) is 0. The standard InChI is InChI=1S/C21H32N2O4/c1-15(8-9-17-6-4-3-5-7-17)22-13-21(27-16(2)25)18-10-11-20(26)19(12-18)23-14-24/h10-12,14-15,17,21-22,26H,3-9,13H2,1-2H3,(H,23,24). The van der Waals surface area contributed by atoms with Gasteiger partial charge < -0.3 is 20.5 Å². The molecule has 2 rings (SSSR count). The van der Waals surface area contributed by atoms with Gasteiger partial charge in [0.1, 0.15) is 11.9 Å². The number of ether oxygens (including phenoxy) is 1. The van der Waals surface area contributed by atoms with Gasteiger partial charge in [0.05, 0.1) is 5.69 Å². The maximum absolute atomic E-state index is 11.5. The van der Waals surface area contributed by atoms with Gasteiger partial charge in [-0.1, -0.05) is 38.2 Å². The van der Waals surface area contributed by atoms with Gasteiger partial charge in [0.25, 0.3) is 0 Å². The number of hydrogen-bond acceptors (Lipinski definition) is 5. The Labute approximate surface area is 161 Å². The molecular weight excluding hydrogens is 344 g/mol. The summed E-state index contributed by atoms with van der Waals surface area (Å²) in [6.07, 6.45) is 9.16. The molecule has 0 spiro atoms. The molecule has 27 heavy (non-hydrogen) atoms. The van der Waals surface area contributed by atoms with Crippen LogP contribution in [0.4, 0.5) is 5.69 Å². The zero-order chi connectivity index (χ0) is 19.6. The summed E-state index contributed by atoms with van der Waals surface area (Å²) < 4.78 is 5.46. The van der Waals surface area contributed by atoms with Crippen LogP contribution in [0.2, 0.25) is 0 Å². The maximum Gasteiger partial charge on any atom is 0.303 e. The summed E-state index contributed by atoms with van der Waals surface area (Å²) in [6, 6.07) is 5.15. The van der Waals surface area contributed by atoms with Gasteiger partial charge in [0.15, 0.2) is 0 Å². The molecule has 1 saturated carbocycles. The van der Waals surface area contributed by atoms with Crippen LogP contribution < -0.4 is 10.6 Å². The second-order valence-corrected chi connectivity index (χ2v) is 7.53. The molecule has 150 valence electrons. The highest BCUT2D eigenvalue weighted by Crippen LogP contribution is 2.29. The highest BCUT2D eigenvalue weighted by atomic mass is 16.5. The molecule has 1 aliphatic carbocycles. The Bertz CT molecular complexity index is 614. The van der Waals surface area contributed by atoms with Crippen molar-refractivity contribution in [2.45, 2.75) is 70.9 Å². The van der Waals surface area contributed by atoms with Crippen LogP contribution in [0, 0.1) is 5.92 Å². The smallest absolute Gasteiger partial charge is 0.303 e. The Balaban J connectivity index is 1.92. The highest BCUT2D eigenvalue weighted by Gasteiger charge is 2.19. The van der Waals surface area contributed by atoms with Crippen LogP contribution in [0.3, 0.4) is 0 Å². The van der Waals surface area contributed by atoms with E-state index in [1.165, 1.54) is 51.5 Å². The zero-order valence-corrected chi connectivity index (χ0v) is 16.4. The lowest BCUT2D eigenvalue weighted by Crippen LogP contribution is -2.32. The fourth-order valence-corrected chi connectivity index (χ4v) is 3.73. The van der Waals surface area contributed by atoms with E-state index in [0.29, 0.717) is 24.7 Å². The zero-order valence-electron chi connectivity index (χ0n) is 16.4. The molecule has 0 bridgehead atoms. The Hall–Kier alpha value is -2.08. The topological polar surface area (TPSA) is 87.7 Å². The second-order valence-electron chi connectivity index (χ2n) is 7.53. The van der Waals surface area contributed by atoms with Crippen LogP contribution in [0.5, 0.6) is 5.75 Å². The van der Waals surface area contributed by atoms with E-state index in [-0.39, 0.29) is 11.7 Å². The number of carbonyl (C=O) groups is 2. The third-order valence-electron chi connectivity index (χ3n) is 5.30. The van der Waals surface area contributed by atoms with Crippen molar-refractivity contribution < 1.29 is 19.4 Å². The molecule has 0 heterocycles. The Morgan fingerprint density at radius 2 is 2.07 bits per heavy atom. The third kappa shape index (κ3) is 7.21. The van der Waals surface area contributed by atoms with Gasteiger partial charge in [-0.25, -0.2) is 0 Å². The molecule has 1 amide bonds. The number of aromatic hydroxyl groups is 1. The summed E-state index contributed by atoms with van der Waals surface area (Å²) in [5, 5.41) is 15.7. The van der Waals surface area contributed by atoms with E-state index < -0.39 is 6.10 Å². The number of phenols is 1. The quantitative estimate of drug-likeness (QED) is 0.327. The number of carbonyl (C=O) groups excluding carboxylic acids is 2. The predicted octanol–water partition coefficient (Wildman–Crippen LogP) is 3.90. The molecule has 0 aromatic heterocycles. The summed E-state index contributed by atoms with van der Waals surface area (Å²) >= 11 is 0. The highest BCUT2D eigenvalue weighted by molar-refractivity contribution is 5.75. The minimum Gasteiger partial charge on any atom is -0.506 e. The normalized spacial score (nSPS) is 17.1. The van der Waals surface area contributed by atoms with Crippen LogP contribution >= 0.6 is 0 Å². The van der Waals surface area contributed by atoms with Crippen molar-refractivity contribution in [3.63, 3.8) is 0 Å². The molecule has 1 aliphatic rings. The molecule has 1 fully saturated rings. The molecule has 3 N–H and O–H groups in total. The molecule has 6 heteroatoms. The van der Waals surface area contributed by atoms with Gasteiger partial charge in [0, 0.05) is 19.5 Å².